The molecular weight excluding hydrogens is 152 g/mol. The van der Waals surface area contributed by atoms with E-state index < -0.39 is 0 Å². The summed E-state index contributed by atoms with van der Waals surface area (Å²) in [6.45, 7) is 4.02. The lowest BCUT2D eigenvalue weighted by Gasteiger charge is -2.18. The summed E-state index contributed by atoms with van der Waals surface area (Å²) in [7, 11) is 0. The first kappa shape index (κ1) is 9.43. The van der Waals surface area contributed by atoms with Gasteiger partial charge in [-0.25, -0.2) is 0 Å². The molecule has 0 spiro atoms. The number of rotatable bonds is 0. The van der Waals surface area contributed by atoms with E-state index in [4.69, 9.17) is 0 Å². The third kappa shape index (κ3) is 2.16. The van der Waals surface area contributed by atoms with Crippen LogP contribution in [0.2, 0.25) is 0 Å². The number of carbonyl (C=O) groups excluding carboxylic acids is 2. The molecule has 0 aromatic heterocycles. The van der Waals surface area contributed by atoms with E-state index in [1.54, 1.807) is 0 Å². The smallest absolute Gasteiger partial charge is 0.201 e. The summed E-state index contributed by atoms with van der Waals surface area (Å²) in [5, 5.41) is 0. The second-order valence-electron chi connectivity index (χ2n) is 3.92. The maximum absolute atomic E-state index is 11.3. The first-order valence-electron chi connectivity index (χ1n) is 4.68. The molecule has 0 radical (unpaired) electrons. The van der Waals surface area contributed by atoms with Crippen LogP contribution in [0.4, 0.5) is 0 Å². The van der Waals surface area contributed by atoms with Crippen LogP contribution >= 0.6 is 0 Å². The van der Waals surface area contributed by atoms with Crippen LogP contribution in [0.3, 0.4) is 0 Å². The zero-order valence-corrected chi connectivity index (χ0v) is 7.80. The summed E-state index contributed by atoms with van der Waals surface area (Å²) < 4.78 is 0. The molecule has 1 rings (SSSR count). The Bertz CT molecular complexity index is 196. The topological polar surface area (TPSA) is 34.1 Å². The molecule has 1 aliphatic carbocycles. The summed E-state index contributed by atoms with van der Waals surface area (Å²) >= 11 is 0. The molecule has 0 aliphatic heterocycles. The first-order chi connectivity index (χ1) is 5.61. The molecule has 1 aliphatic rings. The second-order valence-corrected chi connectivity index (χ2v) is 3.92. The highest BCUT2D eigenvalue weighted by atomic mass is 16.2. The molecule has 0 heterocycles. The summed E-state index contributed by atoms with van der Waals surface area (Å²) in [6.07, 6.45) is 3.32. The number of ketones is 2. The van der Waals surface area contributed by atoms with Crippen molar-refractivity contribution in [3.8, 4) is 0 Å². The van der Waals surface area contributed by atoms with Crippen LogP contribution in [0.15, 0.2) is 0 Å². The second kappa shape index (κ2) is 3.83. The Morgan fingerprint density at radius 1 is 1.25 bits per heavy atom. The Morgan fingerprint density at radius 3 is 2.58 bits per heavy atom. The van der Waals surface area contributed by atoms with E-state index in [1.807, 2.05) is 6.92 Å². The van der Waals surface area contributed by atoms with Crippen molar-refractivity contribution in [2.75, 3.05) is 0 Å². The molecule has 0 aromatic rings. The number of hydrogen-bond donors (Lipinski definition) is 0. The van der Waals surface area contributed by atoms with Gasteiger partial charge in [0.25, 0.3) is 0 Å². The average Bonchev–Trinajstić information content (AvgIpc) is 2.01. The van der Waals surface area contributed by atoms with Crippen molar-refractivity contribution >= 4 is 11.6 Å². The predicted octanol–water partition coefficient (Wildman–Crippen LogP) is 1.97. The molecule has 2 unspecified atom stereocenters. The number of Topliss-reactive ketones (excluding diaryl/α,β-unsaturated/α-hetero) is 2. The number of hydrogen-bond acceptors (Lipinski definition) is 2. The molecule has 12 heavy (non-hydrogen) atoms. The summed E-state index contributed by atoms with van der Waals surface area (Å²) in [5.74, 6) is 0.237. The van der Waals surface area contributed by atoms with Crippen LogP contribution in [0.1, 0.15) is 39.5 Å². The van der Waals surface area contributed by atoms with Crippen molar-refractivity contribution in [1.82, 2.24) is 0 Å². The number of carbonyl (C=O) groups is 2. The van der Waals surface area contributed by atoms with E-state index in [0.29, 0.717) is 12.3 Å². The van der Waals surface area contributed by atoms with Gasteiger partial charge >= 0.3 is 0 Å². The van der Waals surface area contributed by atoms with Crippen LogP contribution in [0.25, 0.3) is 0 Å². The molecule has 0 saturated heterocycles. The lowest BCUT2D eigenvalue weighted by Crippen LogP contribution is -2.25. The van der Waals surface area contributed by atoms with Gasteiger partial charge in [-0.1, -0.05) is 20.3 Å². The van der Waals surface area contributed by atoms with E-state index in [9.17, 15) is 9.59 Å². The fourth-order valence-electron chi connectivity index (χ4n) is 1.84. The maximum atomic E-state index is 11.3. The van der Waals surface area contributed by atoms with Gasteiger partial charge in [-0.2, -0.15) is 0 Å². The van der Waals surface area contributed by atoms with Gasteiger partial charge in [0.1, 0.15) is 0 Å². The lowest BCUT2D eigenvalue weighted by molar-refractivity contribution is -0.139. The Hall–Kier alpha value is -0.660. The van der Waals surface area contributed by atoms with Crippen LogP contribution in [-0.4, -0.2) is 11.6 Å². The van der Waals surface area contributed by atoms with Crippen molar-refractivity contribution in [2.24, 2.45) is 11.8 Å². The van der Waals surface area contributed by atoms with Crippen LogP contribution in [0, 0.1) is 11.8 Å². The average molecular weight is 168 g/mol. The third-order valence-corrected chi connectivity index (χ3v) is 2.58. The van der Waals surface area contributed by atoms with Crippen molar-refractivity contribution in [3.05, 3.63) is 0 Å². The third-order valence-electron chi connectivity index (χ3n) is 2.58. The summed E-state index contributed by atoms with van der Waals surface area (Å²) in [4.78, 5) is 22.4. The van der Waals surface area contributed by atoms with Gasteiger partial charge in [0, 0.05) is 12.3 Å². The van der Waals surface area contributed by atoms with E-state index in [2.05, 4.69) is 6.92 Å². The largest absolute Gasteiger partial charge is 0.291 e. The lowest BCUT2D eigenvalue weighted by atomic mass is 9.85. The Labute approximate surface area is 73.3 Å². The minimum atomic E-state index is -0.158. The zero-order valence-electron chi connectivity index (χ0n) is 7.80. The molecular formula is C10H16O2. The zero-order chi connectivity index (χ0) is 9.14. The summed E-state index contributed by atoms with van der Waals surface area (Å²) in [6, 6.07) is 0. The van der Waals surface area contributed by atoms with E-state index >= 15 is 0 Å². The van der Waals surface area contributed by atoms with Crippen LogP contribution in [-0.2, 0) is 9.59 Å². The van der Waals surface area contributed by atoms with E-state index in [0.717, 1.165) is 19.3 Å². The minimum absolute atomic E-state index is 0.0483. The molecule has 1 fully saturated rings. The minimum Gasteiger partial charge on any atom is -0.291 e. The van der Waals surface area contributed by atoms with Gasteiger partial charge in [-0.15, -0.1) is 0 Å². The van der Waals surface area contributed by atoms with Crippen LogP contribution < -0.4 is 0 Å². The van der Waals surface area contributed by atoms with E-state index in [-0.39, 0.29) is 17.5 Å². The molecule has 2 heteroatoms. The quantitative estimate of drug-likeness (QED) is 0.518. The molecule has 0 amide bonds. The molecule has 1 saturated carbocycles. The highest BCUT2D eigenvalue weighted by molar-refractivity contribution is 6.37. The fourth-order valence-corrected chi connectivity index (χ4v) is 1.84. The molecule has 0 bridgehead atoms. The normalized spacial score (nSPS) is 32.8. The van der Waals surface area contributed by atoms with Gasteiger partial charge in [-0.05, 0) is 18.8 Å². The molecule has 2 atom stereocenters. The fraction of sp³-hybridized carbons (Fsp3) is 0.800. The van der Waals surface area contributed by atoms with Gasteiger partial charge < -0.3 is 0 Å². The monoisotopic (exact) mass is 168 g/mol. The summed E-state index contributed by atoms with van der Waals surface area (Å²) in [5.41, 5.74) is 0. The Morgan fingerprint density at radius 2 is 1.92 bits per heavy atom. The Kier molecular flexibility index (Phi) is 3.01. The molecule has 0 N–H and O–H groups in total. The van der Waals surface area contributed by atoms with Crippen molar-refractivity contribution < 1.29 is 9.59 Å². The van der Waals surface area contributed by atoms with Crippen LogP contribution in [0.5, 0.6) is 0 Å². The SMILES string of the molecule is CC1CCCC(=O)C(=O)C(C)C1. The van der Waals surface area contributed by atoms with E-state index in [1.165, 1.54) is 0 Å². The molecule has 2 nitrogen and oxygen atoms in total. The van der Waals surface area contributed by atoms with Crippen molar-refractivity contribution in [1.29, 1.82) is 0 Å². The highest BCUT2D eigenvalue weighted by Crippen LogP contribution is 2.22. The van der Waals surface area contributed by atoms with Gasteiger partial charge in [0.2, 0.25) is 5.78 Å². The van der Waals surface area contributed by atoms with Crippen molar-refractivity contribution in [3.63, 3.8) is 0 Å². The van der Waals surface area contributed by atoms with Gasteiger partial charge in [0.05, 0.1) is 0 Å². The van der Waals surface area contributed by atoms with Crippen molar-refractivity contribution in [2.45, 2.75) is 39.5 Å². The first-order valence-corrected chi connectivity index (χ1v) is 4.68. The predicted molar refractivity (Wildman–Crippen MR) is 46.8 cm³/mol. The highest BCUT2D eigenvalue weighted by Gasteiger charge is 2.24. The maximum Gasteiger partial charge on any atom is 0.201 e. The Balaban J connectivity index is 2.62. The van der Waals surface area contributed by atoms with Gasteiger partial charge in [-0.3, -0.25) is 9.59 Å². The molecule has 0 aromatic carbocycles. The molecule has 68 valence electrons. The standard InChI is InChI=1S/C10H16O2/c1-7-4-3-5-9(11)10(12)8(2)6-7/h7-8H,3-6H2,1-2H3. The van der Waals surface area contributed by atoms with Gasteiger partial charge in [0.15, 0.2) is 5.78 Å².